The molecule has 1 rings (SSSR count). The number of benzene rings is 1. The van der Waals surface area contributed by atoms with Crippen molar-refractivity contribution < 1.29 is 14.1 Å². The third kappa shape index (κ3) is 2.00. The number of nitro groups is 1. The molecule has 0 N–H and O–H groups in total. The molecule has 4 nitrogen and oxygen atoms in total. The fourth-order valence-electron chi connectivity index (χ4n) is 0.814. The van der Waals surface area contributed by atoms with Crippen LogP contribution in [0.15, 0.2) is 12.1 Å². The molecule has 6 heteroatoms. The van der Waals surface area contributed by atoms with E-state index in [1.54, 1.807) is 22.6 Å². The monoisotopic (exact) mass is 295 g/mol. The van der Waals surface area contributed by atoms with Crippen LogP contribution in [0.25, 0.3) is 0 Å². The van der Waals surface area contributed by atoms with E-state index in [1.165, 1.54) is 6.07 Å². The number of nitro benzene ring substituents is 1. The van der Waals surface area contributed by atoms with E-state index >= 15 is 0 Å². The Kier molecular flexibility index (Phi) is 2.91. The second-order valence-electron chi connectivity index (χ2n) is 2.20. The zero-order valence-electron chi connectivity index (χ0n) is 6.16. The van der Waals surface area contributed by atoms with Crippen LogP contribution in [0.3, 0.4) is 0 Å². The average molecular weight is 295 g/mol. The molecule has 0 spiro atoms. The van der Waals surface area contributed by atoms with Gasteiger partial charge < -0.3 is 0 Å². The van der Waals surface area contributed by atoms with Crippen molar-refractivity contribution in [2.75, 3.05) is 0 Å². The van der Waals surface area contributed by atoms with Crippen molar-refractivity contribution in [3.8, 4) is 0 Å². The van der Waals surface area contributed by atoms with Crippen LogP contribution in [0, 0.1) is 19.5 Å². The topological polar surface area (TPSA) is 60.2 Å². The van der Waals surface area contributed by atoms with Gasteiger partial charge in [0.25, 0.3) is 0 Å². The summed E-state index contributed by atoms with van der Waals surface area (Å²) >= 11 is 1.77. The zero-order chi connectivity index (χ0) is 10.0. The molecule has 0 saturated carbocycles. The summed E-state index contributed by atoms with van der Waals surface area (Å²) in [6.45, 7) is 0. The van der Waals surface area contributed by atoms with Gasteiger partial charge in [0.1, 0.15) is 0 Å². The van der Waals surface area contributed by atoms with Gasteiger partial charge in [0.2, 0.25) is 5.82 Å². The van der Waals surface area contributed by atoms with E-state index in [-0.39, 0.29) is 11.8 Å². The van der Waals surface area contributed by atoms with Crippen LogP contribution in [0.5, 0.6) is 0 Å². The molecule has 0 aromatic heterocycles. The number of nitrogens with zero attached hydrogens (tertiary/aromatic N) is 1. The summed E-state index contributed by atoms with van der Waals surface area (Å²) in [5.74, 6) is -1.08. The minimum Gasteiger partial charge on any atom is -0.298 e. The van der Waals surface area contributed by atoms with Crippen LogP contribution in [-0.4, -0.2) is 11.2 Å². The van der Waals surface area contributed by atoms with Crippen LogP contribution in [0.1, 0.15) is 10.4 Å². The summed E-state index contributed by atoms with van der Waals surface area (Å²) in [7, 11) is 0. The van der Waals surface area contributed by atoms with E-state index < -0.39 is 16.4 Å². The first-order valence-electron chi connectivity index (χ1n) is 3.15. The molecule has 0 heterocycles. The number of carbonyl (C=O) groups is 1. The molecule has 0 radical (unpaired) electrons. The second-order valence-corrected chi connectivity index (χ2v) is 3.45. The van der Waals surface area contributed by atoms with E-state index in [2.05, 4.69) is 0 Å². The average Bonchev–Trinajstić information content (AvgIpc) is 2.08. The molecule has 1 aromatic carbocycles. The minimum absolute atomic E-state index is 0.254. The maximum atomic E-state index is 13.0. The lowest BCUT2D eigenvalue weighted by molar-refractivity contribution is -0.387. The smallest absolute Gasteiger partial charge is 0.298 e. The molecule has 68 valence electrons. The van der Waals surface area contributed by atoms with Crippen LogP contribution in [0.2, 0.25) is 0 Å². The first kappa shape index (κ1) is 10.0. The van der Waals surface area contributed by atoms with E-state index in [1.807, 2.05) is 0 Å². The van der Waals surface area contributed by atoms with Gasteiger partial charge in [0, 0.05) is 9.64 Å². The largest absolute Gasteiger partial charge is 0.306 e. The van der Waals surface area contributed by atoms with Gasteiger partial charge in [0.05, 0.1) is 10.5 Å². The summed E-state index contributed by atoms with van der Waals surface area (Å²) in [6.07, 6.45) is 0.254. The number of rotatable bonds is 2. The van der Waals surface area contributed by atoms with Crippen LogP contribution < -0.4 is 0 Å². The Bertz CT molecular complexity index is 380. The maximum Gasteiger partial charge on any atom is 0.306 e. The molecule has 0 amide bonds. The first-order valence-corrected chi connectivity index (χ1v) is 4.22. The Hall–Kier alpha value is -1.05. The zero-order valence-corrected chi connectivity index (χ0v) is 8.32. The molecule has 0 aliphatic rings. The Morgan fingerprint density at radius 2 is 2.15 bits per heavy atom. The van der Waals surface area contributed by atoms with Gasteiger partial charge in [-0.2, -0.15) is 4.39 Å². The van der Waals surface area contributed by atoms with Crippen LogP contribution in [-0.2, 0) is 0 Å². The fourth-order valence-corrected chi connectivity index (χ4v) is 1.44. The van der Waals surface area contributed by atoms with Gasteiger partial charge in [-0.3, -0.25) is 14.9 Å². The molecule has 0 saturated heterocycles. The molecular formula is C7H3FINO3. The van der Waals surface area contributed by atoms with E-state index in [9.17, 15) is 19.3 Å². The van der Waals surface area contributed by atoms with Gasteiger partial charge in [-0.15, -0.1) is 0 Å². The highest BCUT2D eigenvalue weighted by Gasteiger charge is 2.18. The first-order chi connectivity index (χ1) is 6.06. The Morgan fingerprint density at radius 1 is 1.54 bits per heavy atom. The summed E-state index contributed by atoms with van der Waals surface area (Å²) < 4.78 is 13.5. The third-order valence-electron chi connectivity index (χ3n) is 1.37. The van der Waals surface area contributed by atoms with Gasteiger partial charge in [0.15, 0.2) is 6.29 Å². The van der Waals surface area contributed by atoms with Gasteiger partial charge in [-0.1, -0.05) is 0 Å². The van der Waals surface area contributed by atoms with Crippen molar-refractivity contribution >= 4 is 34.6 Å². The lowest BCUT2D eigenvalue weighted by atomic mass is 10.2. The van der Waals surface area contributed by atoms with Crippen molar-refractivity contribution in [3.05, 3.63) is 37.2 Å². The summed E-state index contributed by atoms with van der Waals surface area (Å²) in [5.41, 5.74) is -0.965. The Morgan fingerprint density at radius 3 is 2.62 bits per heavy atom. The number of carbonyl (C=O) groups excluding carboxylic acids is 1. The highest BCUT2D eigenvalue weighted by atomic mass is 127. The molecular weight excluding hydrogens is 292 g/mol. The Labute approximate surface area is 86.0 Å². The second kappa shape index (κ2) is 3.77. The van der Waals surface area contributed by atoms with E-state index in [4.69, 9.17) is 0 Å². The number of hydrogen-bond acceptors (Lipinski definition) is 3. The van der Waals surface area contributed by atoms with Crippen molar-refractivity contribution in [2.24, 2.45) is 0 Å². The number of aldehydes is 1. The Balaban J connectivity index is 3.44. The van der Waals surface area contributed by atoms with Gasteiger partial charge in [-0.25, -0.2) is 0 Å². The van der Waals surface area contributed by atoms with E-state index in [0.717, 1.165) is 6.07 Å². The fraction of sp³-hybridized carbons (Fsp3) is 0. The van der Waals surface area contributed by atoms with Crippen molar-refractivity contribution in [2.45, 2.75) is 0 Å². The lowest BCUT2D eigenvalue weighted by Crippen LogP contribution is -1.97. The van der Waals surface area contributed by atoms with Crippen molar-refractivity contribution in [1.82, 2.24) is 0 Å². The number of hydrogen-bond donors (Lipinski definition) is 0. The van der Waals surface area contributed by atoms with Gasteiger partial charge >= 0.3 is 5.69 Å². The molecule has 0 atom stereocenters. The van der Waals surface area contributed by atoms with Crippen molar-refractivity contribution in [1.29, 1.82) is 0 Å². The molecule has 0 fully saturated rings. The van der Waals surface area contributed by atoms with Crippen molar-refractivity contribution in [3.63, 3.8) is 0 Å². The summed E-state index contributed by atoms with van der Waals surface area (Å²) in [6, 6.07) is 2.32. The molecule has 13 heavy (non-hydrogen) atoms. The normalized spacial score (nSPS) is 9.69. The summed E-state index contributed by atoms with van der Waals surface area (Å²) in [4.78, 5) is 19.7. The molecule has 0 aliphatic heterocycles. The molecule has 1 aromatic rings. The standard InChI is InChI=1S/C7H3FINO3/c8-7-4(3-11)1-5(9)2-6(7)10(12)13/h1-3H. The third-order valence-corrected chi connectivity index (χ3v) is 1.99. The highest BCUT2D eigenvalue weighted by Crippen LogP contribution is 2.22. The predicted molar refractivity (Wildman–Crippen MR) is 51.2 cm³/mol. The van der Waals surface area contributed by atoms with Crippen LogP contribution in [0.4, 0.5) is 10.1 Å². The number of halogens is 2. The minimum atomic E-state index is -1.08. The lowest BCUT2D eigenvalue weighted by Gasteiger charge is -1.97. The molecule has 0 bridgehead atoms. The van der Waals surface area contributed by atoms with E-state index in [0.29, 0.717) is 3.57 Å². The molecule has 0 unspecified atom stereocenters. The van der Waals surface area contributed by atoms with Crippen LogP contribution >= 0.6 is 22.6 Å². The quantitative estimate of drug-likeness (QED) is 0.363. The predicted octanol–water partition coefficient (Wildman–Crippen LogP) is 2.15. The summed E-state index contributed by atoms with van der Waals surface area (Å²) in [5, 5.41) is 10.3. The SMILES string of the molecule is O=Cc1cc(I)cc([N+](=O)[O-])c1F. The molecule has 0 aliphatic carbocycles. The van der Waals surface area contributed by atoms with Gasteiger partial charge in [-0.05, 0) is 28.7 Å². The maximum absolute atomic E-state index is 13.0. The highest BCUT2D eigenvalue weighted by molar-refractivity contribution is 14.1.